The van der Waals surface area contributed by atoms with Crippen molar-refractivity contribution in [2.75, 3.05) is 11.9 Å². The number of benzene rings is 2. The highest BCUT2D eigenvalue weighted by atomic mass is 19.2. The van der Waals surface area contributed by atoms with E-state index in [0.29, 0.717) is 18.5 Å². The van der Waals surface area contributed by atoms with Crippen LogP contribution in [0.1, 0.15) is 79.2 Å². The molecule has 1 unspecified atom stereocenters. The molecule has 4 N–H and O–H groups in total. The number of carbonyl (C=O) groups is 4. The summed E-state index contributed by atoms with van der Waals surface area (Å²) in [6.07, 6.45) is -1.05. The van der Waals surface area contributed by atoms with E-state index in [-0.39, 0.29) is 24.3 Å². The summed E-state index contributed by atoms with van der Waals surface area (Å²) in [5.74, 6) is -12.1. The second-order valence-corrected chi connectivity index (χ2v) is 13.9. The van der Waals surface area contributed by atoms with Crippen molar-refractivity contribution >= 4 is 29.4 Å². The standard InChI is InChI=1S/C34H43F4N3O7/c1-33(2,3)20-9-7-8-10-23(20)40-32(46)31(45)39-19-13-11-18(12-14-19)30(44)41-24(16-26(43)48-34(4,5)6)25(42)17-47-29-27(37)21(35)15-22(36)28(29)38/h7-10,15,18-19,24-25,42H,11-14,16-17H2,1-6H3,(H,39,45)(H,40,46)(H,41,44)/t18?,19?,24-,25?/m0/s1. The van der Waals surface area contributed by atoms with E-state index in [1.807, 2.05) is 32.9 Å². The van der Waals surface area contributed by atoms with Gasteiger partial charge in [-0.1, -0.05) is 39.0 Å². The number of hydrogen-bond acceptors (Lipinski definition) is 7. The van der Waals surface area contributed by atoms with Gasteiger partial charge in [0.05, 0.1) is 12.5 Å². The normalized spacial score (nSPS) is 17.9. The van der Waals surface area contributed by atoms with E-state index in [2.05, 4.69) is 16.0 Å². The first-order chi connectivity index (χ1) is 22.3. The summed E-state index contributed by atoms with van der Waals surface area (Å²) in [6.45, 7) is 9.83. The fourth-order valence-corrected chi connectivity index (χ4v) is 5.29. The number of aliphatic hydroxyl groups is 1. The van der Waals surface area contributed by atoms with Gasteiger partial charge in [-0.15, -0.1) is 0 Å². The molecule has 1 aliphatic carbocycles. The third-order valence-corrected chi connectivity index (χ3v) is 7.69. The Morgan fingerprint density at radius 1 is 0.896 bits per heavy atom. The second kappa shape index (κ2) is 15.8. The first-order valence-electron chi connectivity index (χ1n) is 15.6. The van der Waals surface area contributed by atoms with Gasteiger partial charge in [-0.3, -0.25) is 19.2 Å². The minimum Gasteiger partial charge on any atom is -0.485 e. The van der Waals surface area contributed by atoms with E-state index in [0.717, 1.165) is 5.56 Å². The topological polar surface area (TPSA) is 143 Å². The molecule has 3 rings (SSSR count). The fourth-order valence-electron chi connectivity index (χ4n) is 5.29. The SMILES string of the molecule is CC(C)(C)OC(=O)C[C@H](NC(=O)C1CCC(NC(=O)C(=O)Nc2ccccc2C(C)(C)C)CC1)C(O)COc1c(F)c(F)cc(F)c1F. The second-order valence-electron chi connectivity index (χ2n) is 13.9. The van der Waals surface area contributed by atoms with Crippen LogP contribution in [0.4, 0.5) is 23.2 Å². The summed E-state index contributed by atoms with van der Waals surface area (Å²) in [5.41, 5.74) is 0.206. The molecule has 14 heteroatoms. The molecule has 1 fully saturated rings. The molecular weight excluding hydrogens is 638 g/mol. The summed E-state index contributed by atoms with van der Waals surface area (Å²) >= 11 is 0. The van der Waals surface area contributed by atoms with Crippen LogP contribution in [0.5, 0.6) is 5.75 Å². The summed E-state index contributed by atoms with van der Waals surface area (Å²) in [5, 5.41) is 18.7. The zero-order valence-electron chi connectivity index (χ0n) is 27.8. The predicted octanol–water partition coefficient (Wildman–Crippen LogP) is 4.81. The molecule has 48 heavy (non-hydrogen) atoms. The van der Waals surface area contributed by atoms with Crippen molar-refractivity contribution in [3.05, 3.63) is 59.2 Å². The first-order valence-corrected chi connectivity index (χ1v) is 15.6. The maximum Gasteiger partial charge on any atom is 0.313 e. The average molecular weight is 682 g/mol. The van der Waals surface area contributed by atoms with Crippen LogP contribution in [0.2, 0.25) is 0 Å². The third kappa shape index (κ3) is 10.7. The maximum absolute atomic E-state index is 14.1. The summed E-state index contributed by atoms with van der Waals surface area (Å²) < 4.78 is 65.5. The number of carbonyl (C=O) groups excluding carboxylic acids is 4. The molecule has 2 aromatic carbocycles. The molecule has 0 heterocycles. The van der Waals surface area contributed by atoms with Crippen molar-refractivity contribution in [3.63, 3.8) is 0 Å². The highest BCUT2D eigenvalue weighted by Gasteiger charge is 2.34. The lowest BCUT2D eigenvalue weighted by Gasteiger charge is -2.31. The van der Waals surface area contributed by atoms with Crippen LogP contribution in [-0.2, 0) is 29.3 Å². The van der Waals surface area contributed by atoms with Crippen LogP contribution >= 0.6 is 0 Å². The van der Waals surface area contributed by atoms with Gasteiger partial charge in [0.2, 0.25) is 17.5 Å². The van der Waals surface area contributed by atoms with Crippen LogP contribution in [0.3, 0.4) is 0 Å². The molecule has 264 valence electrons. The monoisotopic (exact) mass is 681 g/mol. The minimum atomic E-state index is -1.81. The molecule has 3 amide bonds. The largest absolute Gasteiger partial charge is 0.485 e. The van der Waals surface area contributed by atoms with Gasteiger partial charge in [0.15, 0.2) is 17.4 Å². The molecule has 10 nitrogen and oxygen atoms in total. The smallest absolute Gasteiger partial charge is 0.313 e. The van der Waals surface area contributed by atoms with Crippen molar-refractivity contribution < 1.29 is 51.3 Å². The first kappa shape index (κ1) is 38.2. The van der Waals surface area contributed by atoms with Gasteiger partial charge >= 0.3 is 17.8 Å². The lowest BCUT2D eigenvalue weighted by atomic mass is 9.85. The Kier molecular flexibility index (Phi) is 12.6. The Morgan fingerprint density at radius 3 is 2.04 bits per heavy atom. The number of ether oxygens (including phenoxy) is 2. The zero-order chi connectivity index (χ0) is 36.0. The molecule has 0 saturated heterocycles. The van der Waals surface area contributed by atoms with E-state index in [1.165, 1.54) is 0 Å². The number of hydrogen-bond donors (Lipinski definition) is 4. The Morgan fingerprint density at radius 2 is 1.48 bits per heavy atom. The molecule has 0 aromatic heterocycles. The lowest BCUT2D eigenvalue weighted by molar-refractivity contribution is -0.156. The predicted molar refractivity (Wildman–Crippen MR) is 168 cm³/mol. The van der Waals surface area contributed by atoms with Crippen molar-refractivity contribution in [1.29, 1.82) is 0 Å². The van der Waals surface area contributed by atoms with E-state index in [1.54, 1.807) is 32.9 Å². The Bertz CT molecular complexity index is 1470. The lowest BCUT2D eigenvalue weighted by Crippen LogP contribution is -2.50. The van der Waals surface area contributed by atoms with E-state index in [4.69, 9.17) is 9.47 Å². The number of halogens is 4. The van der Waals surface area contributed by atoms with E-state index >= 15 is 0 Å². The molecular formula is C34H43F4N3O7. The Hall–Kier alpha value is -4.20. The Balaban J connectivity index is 1.60. The molecule has 0 spiro atoms. The quantitative estimate of drug-likeness (QED) is 0.122. The van der Waals surface area contributed by atoms with Crippen molar-refractivity contribution in [1.82, 2.24) is 10.6 Å². The molecule has 2 aromatic rings. The number of esters is 1. The summed E-state index contributed by atoms with van der Waals surface area (Å²) in [6, 6.07) is 5.43. The van der Waals surface area contributed by atoms with Gasteiger partial charge in [-0.05, 0) is 63.5 Å². The number of rotatable bonds is 10. The molecule has 1 aliphatic rings. The molecule has 1 saturated carbocycles. The van der Waals surface area contributed by atoms with Gasteiger partial charge in [0.1, 0.15) is 18.3 Å². The van der Waals surface area contributed by atoms with Gasteiger partial charge < -0.3 is 30.5 Å². The fraction of sp³-hybridized carbons (Fsp3) is 0.529. The van der Waals surface area contributed by atoms with Crippen LogP contribution < -0.4 is 20.7 Å². The number of aliphatic hydroxyl groups excluding tert-OH is 1. The van der Waals surface area contributed by atoms with Gasteiger partial charge in [0, 0.05) is 23.7 Å². The maximum atomic E-state index is 14.1. The van der Waals surface area contributed by atoms with Crippen LogP contribution in [-0.4, -0.2) is 59.2 Å². The van der Waals surface area contributed by atoms with Crippen molar-refractivity contribution in [3.8, 4) is 5.75 Å². The molecule has 0 aliphatic heterocycles. The number of para-hydroxylation sites is 1. The number of nitrogens with one attached hydrogen (secondary N) is 3. The van der Waals surface area contributed by atoms with Crippen LogP contribution in [0.25, 0.3) is 0 Å². The average Bonchev–Trinajstić information content (AvgIpc) is 2.98. The van der Waals surface area contributed by atoms with Crippen LogP contribution in [0, 0.1) is 29.2 Å². The highest BCUT2D eigenvalue weighted by Crippen LogP contribution is 2.30. The van der Waals surface area contributed by atoms with E-state index in [9.17, 15) is 41.8 Å². The minimum absolute atomic E-state index is 0.00167. The van der Waals surface area contributed by atoms with E-state index < -0.39 is 95.4 Å². The third-order valence-electron chi connectivity index (χ3n) is 7.69. The van der Waals surface area contributed by atoms with Crippen LogP contribution in [0.15, 0.2) is 30.3 Å². The molecule has 0 radical (unpaired) electrons. The summed E-state index contributed by atoms with van der Waals surface area (Å²) in [4.78, 5) is 51.1. The number of anilines is 1. The number of amides is 3. The van der Waals surface area contributed by atoms with Gasteiger partial charge in [-0.25, -0.2) is 8.78 Å². The Labute approximate surface area is 276 Å². The summed E-state index contributed by atoms with van der Waals surface area (Å²) in [7, 11) is 0. The van der Waals surface area contributed by atoms with Crippen molar-refractivity contribution in [2.24, 2.45) is 5.92 Å². The van der Waals surface area contributed by atoms with Crippen molar-refractivity contribution in [2.45, 2.75) is 103 Å². The van der Waals surface area contributed by atoms with Gasteiger partial charge in [0.25, 0.3) is 0 Å². The molecule has 2 atom stereocenters. The highest BCUT2D eigenvalue weighted by molar-refractivity contribution is 6.39. The zero-order valence-corrected chi connectivity index (χ0v) is 27.8. The molecule has 0 bridgehead atoms. The van der Waals surface area contributed by atoms with Gasteiger partial charge in [-0.2, -0.15) is 8.78 Å².